The SMILES string of the molecule is C[C@H](C(=O)c1ccccc1)N(C(=O)c1ccccc1Cl)N1C(=O)[C@@H]2C[C@@H](Br)[C@@H](Br)C[C@H]2C1=O. The number of alkyl halides is 2. The summed E-state index contributed by atoms with van der Waals surface area (Å²) in [5, 5.41) is 2.05. The molecule has 1 heterocycles. The number of ketones is 1. The normalized spacial score (nSPS) is 25.5. The van der Waals surface area contributed by atoms with Gasteiger partial charge in [0.1, 0.15) is 6.04 Å². The summed E-state index contributed by atoms with van der Waals surface area (Å²) >= 11 is 13.4. The number of rotatable bonds is 5. The first kappa shape index (κ1) is 24.1. The van der Waals surface area contributed by atoms with Gasteiger partial charge in [0.25, 0.3) is 17.7 Å². The second-order valence-electron chi connectivity index (χ2n) is 8.24. The van der Waals surface area contributed by atoms with Crippen molar-refractivity contribution in [2.24, 2.45) is 11.8 Å². The molecule has 2 aliphatic rings. The zero-order valence-electron chi connectivity index (χ0n) is 17.7. The molecule has 0 radical (unpaired) electrons. The molecule has 1 saturated carbocycles. The Kier molecular flexibility index (Phi) is 7.07. The van der Waals surface area contributed by atoms with Crippen molar-refractivity contribution < 1.29 is 19.2 Å². The first-order valence-electron chi connectivity index (χ1n) is 10.6. The maximum atomic E-state index is 13.7. The van der Waals surface area contributed by atoms with E-state index in [1.807, 2.05) is 0 Å². The van der Waals surface area contributed by atoms with E-state index in [0.717, 1.165) is 10.0 Å². The van der Waals surface area contributed by atoms with Crippen LogP contribution in [0.25, 0.3) is 0 Å². The van der Waals surface area contributed by atoms with Crippen molar-refractivity contribution in [1.82, 2.24) is 10.0 Å². The van der Waals surface area contributed by atoms with Gasteiger partial charge in [0.15, 0.2) is 5.78 Å². The average Bonchev–Trinajstić information content (AvgIpc) is 3.04. The van der Waals surface area contributed by atoms with Crippen LogP contribution >= 0.6 is 43.5 Å². The molecule has 0 spiro atoms. The Morgan fingerprint density at radius 3 is 2.00 bits per heavy atom. The third-order valence-corrected chi connectivity index (χ3v) is 9.28. The molecular formula is C24H21Br2ClN2O4. The Labute approximate surface area is 213 Å². The lowest BCUT2D eigenvalue weighted by Gasteiger charge is -2.35. The van der Waals surface area contributed by atoms with Gasteiger partial charge in [-0.25, -0.2) is 5.01 Å². The van der Waals surface area contributed by atoms with Crippen LogP contribution in [0.2, 0.25) is 5.02 Å². The Morgan fingerprint density at radius 2 is 1.45 bits per heavy atom. The minimum Gasteiger partial charge on any atom is -0.292 e. The van der Waals surface area contributed by atoms with Crippen molar-refractivity contribution in [3.8, 4) is 0 Å². The highest BCUT2D eigenvalue weighted by molar-refractivity contribution is 9.12. The number of halogens is 3. The highest BCUT2D eigenvalue weighted by Gasteiger charge is 2.55. The lowest BCUT2D eigenvalue weighted by atomic mass is 9.81. The summed E-state index contributed by atoms with van der Waals surface area (Å²) in [6.45, 7) is 1.52. The van der Waals surface area contributed by atoms with Gasteiger partial charge in [0.2, 0.25) is 0 Å². The number of amides is 3. The van der Waals surface area contributed by atoms with Gasteiger partial charge in [0, 0.05) is 15.2 Å². The highest BCUT2D eigenvalue weighted by Crippen LogP contribution is 2.44. The van der Waals surface area contributed by atoms with Crippen molar-refractivity contribution in [3.05, 3.63) is 70.7 Å². The van der Waals surface area contributed by atoms with Gasteiger partial charge in [0.05, 0.1) is 22.4 Å². The van der Waals surface area contributed by atoms with Gasteiger partial charge in [-0.1, -0.05) is 85.9 Å². The van der Waals surface area contributed by atoms with E-state index in [-0.39, 0.29) is 26.0 Å². The second kappa shape index (κ2) is 9.68. The van der Waals surface area contributed by atoms with Crippen LogP contribution in [-0.2, 0) is 9.59 Å². The van der Waals surface area contributed by atoms with Crippen LogP contribution in [0.5, 0.6) is 0 Å². The van der Waals surface area contributed by atoms with Crippen molar-refractivity contribution >= 4 is 67.0 Å². The predicted octanol–water partition coefficient (Wildman–Crippen LogP) is 4.89. The Morgan fingerprint density at radius 1 is 0.939 bits per heavy atom. The molecular weight excluding hydrogens is 576 g/mol. The van der Waals surface area contributed by atoms with E-state index in [4.69, 9.17) is 11.6 Å². The Hall–Kier alpha value is -2.03. The zero-order valence-corrected chi connectivity index (χ0v) is 21.6. The molecule has 5 atom stereocenters. The van der Waals surface area contributed by atoms with Crippen molar-refractivity contribution in [2.45, 2.75) is 35.5 Å². The molecule has 2 fully saturated rings. The smallest absolute Gasteiger partial charge is 0.275 e. The molecule has 172 valence electrons. The van der Waals surface area contributed by atoms with E-state index >= 15 is 0 Å². The van der Waals surface area contributed by atoms with E-state index in [0.29, 0.717) is 18.4 Å². The second-order valence-corrected chi connectivity index (χ2v) is 11.0. The molecule has 1 saturated heterocycles. The lowest BCUT2D eigenvalue weighted by Crippen LogP contribution is -2.56. The van der Waals surface area contributed by atoms with Crippen molar-refractivity contribution in [2.75, 3.05) is 0 Å². The molecule has 0 N–H and O–H groups in total. The predicted molar refractivity (Wildman–Crippen MR) is 131 cm³/mol. The summed E-state index contributed by atoms with van der Waals surface area (Å²) in [6.07, 6.45) is 0.910. The number of hydrogen-bond acceptors (Lipinski definition) is 4. The number of hydrogen-bond donors (Lipinski definition) is 0. The van der Waals surface area contributed by atoms with Crippen molar-refractivity contribution in [3.63, 3.8) is 0 Å². The minimum atomic E-state index is -1.11. The summed E-state index contributed by atoms with van der Waals surface area (Å²) in [6, 6.07) is 13.7. The molecule has 6 nitrogen and oxygen atoms in total. The third kappa shape index (κ3) is 4.40. The maximum Gasteiger partial charge on any atom is 0.275 e. The highest BCUT2D eigenvalue weighted by atomic mass is 79.9. The molecule has 2 aromatic carbocycles. The quantitative estimate of drug-likeness (QED) is 0.280. The molecule has 9 heteroatoms. The van der Waals surface area contributed by atoms with Crippen LogP contribution < -0.4 is 0 Å². The topological polar surface area (TPSA) is 74.8 Å². The van der Waals surface area contributed by atoms with Crippen LogP contribution in [0.1, 0.15) is 40.5 Å². The largest absolute Gasteiger partial charge is 0.292 e. The first-order valence-corrected chi connectivity index (χ1v) is 12.8. The number of imide groups is 1. The number of Topliss-reactive ketones (excluding diaryl/α,β-unsaturated/α-hetero) is 1. The molecule has 3 amide bonds. The number of fused-ring (bicyclic) bond motifs is 1. The Bertz CT molecular complexity index is 1080. The monoisotopic (exact) mass is 594 g/mol. The first-order chi connectivity index (χ1) is 15.7. The van der Waals surface area contributed by atoms with Gasteiger partial charge in [-0.05, 0) is 31.9 Å². The number of hydrazine groups is 1. The minimum absolute atomic E-state index is 0.0199. The molecule has 2 aromatic rings. The molecule has 1 aliphatic carbocycles. The summed E-state index contributed by atoms with van der Waals surface area (Å²) in [5.41, 5.74) is 0.485. The molecule has 1 aliphatic heterocycles. The van der Waals surface area contributed by atoms with E-state index < -0.39 is 35.6 Å². The van der Waals surface area contributed by atoms with E-state index in [9.17, 15) is 19.2 Å². The van der Waals surface area contributed by atoms with Gasteiger partial charge in [-0.2, -0.15) is 5.01 Å². The lowest BCUT2D eigenvalue weighted by molar-refractivity contribution is -0.156. The standard InChI is InChI=1S/C24H21Br2ClN2O4/c1-13(21(30)14-7-3-2-4-8-14)28(22(31)15-9-5-6-10-20(15)27)29-23(32)16-11-18(25)19(26)12-17(16)24(29)33/h2-10,13,16-19H,11-12H2,1H3/t13-,16-,17-,18-,19+/m1/s1. The van der Waals surface area contributed by atoms with E-state index in [1.54, 1.807) is 48.5 Å². The van der Waals surface area contributed by atoms with Crippen LogP contribution in [-0.4, -0.2) is 49.2 Å². The molecule has 0 unspecified atom stereocenters. The summed E-state index contributed by atoms with van der Waals surface area (Å²) in [7, 11) is 0. The van der Waals surface area contributed by atoms with Crippen LogP contribution in [0.4, 0.5) is 0 Å². The van der Waals surface area contributed by atoms with Crippen LogP contribution in [0.3, 0.4) is 0 Å². The fourth-order valence-corrected chi connectivity index (χ4v) is 5.90. The van der Waals surface area contributed by atoms with Crippen LogP contribution in [0, 0.1) is 11.8 Å². The van der Waals surface area contributed by atoms with Crippen LogP contribution in [0.15, 0.2) is 54.6 Å². The number of benzene rings is 2. The summed E-state index contributed by atoms with van der Waals surface area (Å²) in [4.78, 5) is 53.9. The third-order valence-electron chi connectivity index (χ3n) is 6.22. The molecule has 33 heavy (non-hydrogen) atoms. The van der Waals surface area contributed by atoms with Gasteiger partial charge in [-0.15, -0.1) is 0 Å². The average molecular weight is 597 g/mol. The number of carbonyl (C=O) groups excluding carboxylic acids is 4. The zero-order chi connectivity index (χ0) is 23.9. The van der Waals surface area contributed by atoms with Gasteiger partial charge in [-0.3, -0.25) is 19.2 Å². The van der Waals surface area contributed by atoms with Crippen molar-refractivity contribution in [1.29, 1.82) is 0 Å². The van der Waals surface area contributed by atoms with Gasteiger partial charge >= 0.3 is 0 Å². The summed E-state index contributed by atoms with van der Waals surface area (Å²) in [5.74, 6) is -3.12. The molecule has 0 bridgehead atoms. The van der Waals surface area contributed by atoms with Gasteiger partial charge < -0.3 is 0 Å². The number of carbonyl (C=O) groups is 4. The van der Waals surface area contributed by atoms with E-state index in [1.165, 1.54) is 13.0 Å². The molecule has 4 rings (SSSR count). The fraction of sp³-hybridized carbons (Fsp3) is 0.333. The maximum absolute atomic E-state index is 13.7. The fourth-order valence-electron chi connectivity index (χ4n) is 4.44. The van der Waals surface area contributed by atoms with E-state index in [2.05, 4.69) is 31.9 Å². The Balaban J connectivity index is 1.77. The summed E-state index contributed by atoms with van der Waals surface area (Å²) < 4.78 is 0. The number of nitrogens with zero attached hydrogens (tertiary/aromatic N) is 2. The molecule has 0 aromatic heterocycles.